The van der Waals surface area contributed by atoms with Crippen LogP contribution in [0.5, 0.6) is 0 Å². The van der Waals surface area contributed by atoms with Gasteiger partial charge in [-0.1, -0.05) is 37.8 Å². The highest BCUT2D eigenvalue weighted by Gasteiger charge is 2.31. The third-order valence-corrected chi connectivity index (χ3v) is 3.80. The van der Waals surface area contributed by atoms with Crippen LogP contribution in [0.4, 0.5) is 0 Å². The molecular weight excluding hydrogens is 196 g/mol. The van der Waals surface area contributed by atoms with E-state index >= 15 is 0 Å². The Bertz CT molecular complexity index is 317. The fourth-order valence-corrected chi connectivity index (χ4v) is 3.25. The molecule has 1 N–H and O–H groups in total. The molecule has 0 radical (unpaired) electrons. The van der Waals surface area contributed by atoms with E-state index in [2.05, 4.69) is 33.6 Å². The lowest BCUT2D eigenvalue weighted by atomic mass is 9.67. The van der Waals surface area contributed by atoms with Gasteiger partial charge in [-0.05, 0) is 43.9 Å². The Labute approximate surface area is 99.9 Å². The lowest BCUT2D eigenvalue weighted by Gasteiger charge is -2.38. The summed E-state index contributed by atoms with van der Waals surface area (Å²) in [5.74, 6) is 2.80. The Morgan fingerprint density at radius 2 is 2.12 bits per heavy atom. The summed E-state index contributed by atoms with van der Waals surface area (Å²) in [6.07, 6.45) is 9.05. The van der Waals surface area contributed by atoms with Crippen molar-refractivity contribution in [2.45, 2.75) is 59.5 Å². The maximum atomic E-state index is 9.56. The zero-order valence-electron chi connectivity index (χ0n) is 11.0. The molecular formula is C15H24O. The van der Waals surface area contributed by atoms with Crippen molar-refractivity contribution < 1.29 is 5.11 Å². The second-order valence-corrected chi connectivity index (χ2v) is 5.75. The summed E-state index contributed by atoms with van der Waals surface area (Å²) in [6, 6.07) is 0. The summed E-state index contributed by atoms with van der Waals surface area (Å²) in [4.78, 5) is 0. The minimum Gasteiger partial charge on any atom is -0.380 e. The Morgan fingerprint density at radius 1 is 1.50 bits per heavy atom. The zero-order chi connectivity index (χ0) is 12.3. The lowest BCUT2D eigenvalue weighted by Crippen LogP contribution is -2.26. The van der Waals surface area contributed by atoms with Gasteiger partial charge in [-0.2, -0.15) is 0 Å². The SMILES string of the molecule is C#CC(O)CC(C)C1=C(C)CCCC1(C)C. The van der Waals surface area contributed by atoms with Crippen LogP contribution in [0, 0.1) is 23.7 Å². The molecule has 1 heteroatoms. The molecule has 2 unspecified atom stereocenters. The van der Waals surface area contributed by atoms with E-state index in [1.807, 2.05) is 0 Å². The van der Waals surface area contributed by atoms with Crippen molar-refractivity contribution >= 4 is 0 Å². The quantitative estimate of drug-likeness (QED) is 0.570. The second-order valence-electron chi connectivity index (χ2n) is 5.75. The number of aliphatic hydroxyl groups is 1. The van der Waals surface area contributed by atoms with Crippen LogP contribution in [0.25, 0.3) is 0 Å². The molecule has 16 heavy (non-hydrogen) atoms. The lowest BCUT2D eigenvalue weighted by molar-refractivity contribution is 0.196. The third kappa shape index (κ3) is 2.89. The van der Waals surface area contributed by atoms with Gasteiger partial charge in [0.2, 0.25) is 0 Å². The maximum absolute atomic E-state index is 9.56. The summed E-state index contributed by atoms with van der Waals surface area (Å²) in [6.45, 7) is 9.04. The molecule has 90 valence electrons. The first-order valence-electron chi connectivity index (χ1n) is 6.23. The Kier molecular flexibility index (Phi) is 4.21. The van der Waals surface area contributed by atoms with E-state index in [1.165, 1.54) is 30.4 Å². The van der Waals surface area contributed by atoms with E-state index in [0.29, 0.717) is 12.3 Å². The number of aliphatic hydroxyl groups excluding tert-OH is 1. The molecule has 0 fully saturated rings. The zero-order valence-corrected chi connectivity index (χ0v) is 11.0. The fraction of sp³-hybridized carbons (Fsp3) is 0.733. The summed E-state index contributed by atoms with van der Waals surface area (Å²) >= 11 is 0. The molecule has 0 spiro atoms. The standard InChI is InChI=1S/C15H24O/c1-6-13(16)10-12(3)14-11(2)8-7-9-15(14,4)5/h1,12-13,16H,7-10H2,2-5H3. The van der Waals surface area contributed by atoms with Gasteiger partial charge in [0.1, 0.15) is 6.10 Å². The molecule has 0 aromatic rings. The van der Waals surface area contributed by atoms with Gasteiger partial charge >= 0.3 is 0 Å². The minimum absolute atomic E-state index is 0.274. The van der Waals surface area contributed by atoms with E-state index in [9.17, 15) is 5.11 Å². The van der Waals surface area contributed by atoms with Crippen LogP contribution in [0.3, 0.4) is 0 Å². The van der Waals surface area contributed by atoms with Crippen molar-refractivity contribution in [3.8, 4) is 12.3 Å². The number of allylic oxidation sites excluding steroid dienone is 2. The average Bonchev–Trinajstić information content (AvgIpc) is 2.15. The molecule has 0 amide bonds. The van der Waals surface area contributed by atoms with Gasteiger partial charge < -0.3 is 5.11 Å². The molecule has 0 saturated heterocycles. The number of terminal acetylenes is 1. The van der Waals surface area contributed by atoms with Gasteiger partial charge in [0.05, 0.1) is 0 Å². The third-order valence-electron chi connectivity index (χ3n) is 3.80. The molecule has 1 aliphatic rings. The smallest absolute Gasteiger partial charge is 0.115 e. The van der Waals surface area contributed by atoms with Gasteiger partial charge in [0.25, 0.3) is 0 Å². The molecule has 1 nitrogen and oxygen atoms in total. The van der Waals surface area contributed by atoms with Crippen LogP contribution in [-0.2, 0) is 0 Å². The first kappa shape index (κ1) is 13.3. The van der Waals surface area contributed by atoms with Crippen molar-refractivity contribution in [1.82, 2.24) is 0 Å². The van der Waals surface area contributed by atoms with Crippen LogP contribution in [0.1, 0.15) is 53.4 Å². The number of rotatable bonds is 3. The fourth-order valence-electron chi connectivity index (χ4n) is 3.25. The van der Waals surface area contributed by atoms with Crippen LogP contribution in [0.2, 0.25) is 0 Å². The molecule has 1 aliphatic carbocycles. The van der Waals surface area contributed by atoms with Gasteiger partial charge in [-0.3, -0.25) is 0 Å². The highest BCUT2D eigenvalue weighted by Crippen LogP contribution is 2.44. The van der Waals surface area contributed by atoms with E-state index in [0.717, 1.165) is 0 Å². The molecule has 0 aromatic heterocycles. The Hall–Kier alpha value is -0.740. The predicted octanol–water partition coefficient (Wildman–Crippen LogP) is 3.53. The van der Waals surface area contributed by atoms with Crippen LogP contribution in [-0.4, -0.2) is 11.2 Å². The van der Waals surface area contributed by atoms with Crippen molar-refractivity contribution in [3.05, 3.63) is 11.1 Å². The van der Waals surface area contributed by atoms with E-state index < -0.39 is 6.10 Å². The molecule has 0 saturated carbocycles. The highest BCUT2D eigenvalue weighted by atomic mass is 16.3. The number of hydrogen-bond donors (Lipinski definition) is 1. The first-order valence-corrected chi connectivity index (χ1v) is 6.23. The molecule has 0 aliphatic heterocycles. The van der Waals surface area contributed by atoms with E-state index in [4.69, 9.17) is 6.42 Å². The van der Waals surface area contributed by atoms with Crippen LogP contribution >= 0.6 is 0 Å². The van der Waals surface area contributed by atoms with Crippen molar-refractivity contribution in [3.63, 3.8) is 0 Å². The molecule has 0 bridgehead atoms. The van der Waals surface area contributed by atoms with Gasteiger partial charge in [-0.25, -0.2) is 0 Å². The topological polar surface area (TPSA) is 20.2 Å². The average molecular weight is 220 g/mol. The van der Waals surface area contributed by atoms with E-state index in [-0.39, 0.29) is 5.41 Å². The van der Waals surface area contributed by atoms with Crippen LogP contribution < -0.4 is 0 Å². The van der Waals surface area contributed by atoms with Gasteiger partial charge in [-0.15, -0.1) is 6.42 Å². The largest absolute Gasteiger partial charge is 0.380 e. The second kappa shape index (κ2) is 5.06. The Morgan fingerprint density at radius 3 is 2.62 bits per heavy atom. The summed E-state index contributed by atoms with van der Waals surface area (Å²) < 4.78 is 0. The normalized spacial score (nSPS) is 23.8. The number of hydrogen-bond acceptors (Lipinski definition) is 1. The van der Waals surface area contributed by atoms with Gasteiger partial charge in [0.15, 0.2) is 0 Å². The highest BCUT2D eigenvalue weighted by molar-refractivity contribution is 5.25. The van der Waals surface area contributed by atoms with Crippen LogP contribution in [0.15, 0.2) is 11.1 Å². The first-order chi connectivity index (χ1) is 7.38. The van der Waals surface area contributed by atoms with E-state index in [1.54, 1.807) is 0 Å². The predicted molar refractivity (Wildman–Crippen MR) is 69.0 cm³/mol. The summed E-state index contributed by atoms with van der Waals surface area (Å²) in [7, 11) is 0. The molecule has 0 aromatic carbocycles. The Balaban J connectivity index is 2.88. The van der Waals surface area contributed by atoms with Crippen molar-refractivity contribution in [2.24, 2.45) is 11.3 Å². The summed E-state index contributed by atoms with van der Waals surface area (Å²) in [5, 5.41) is 9.56. The van der Waals surface area contributed by atoms with Crippen molar-refractivity contribution in [2.75, 3.05) is 0 Å². The molecule has 2 atom stereocenters. The van der Waals surface area contributed by atoms with Crippen molar-refractivity contribution in [1.29, 1.82) is 0 Å². The monoisotopic (exact) mass is 220 g/mol. The van der Waals surface area contributed by atoms with Gasteiger partial charge in [0, 0.05) is 0 Å². The molecule has 1 rings (SSSR count). The minimum atomic E-state index is -0.604. The molecule has 0 heterocycles. The summed E-state index contributed by atoms with van der Waals surface area (Å²) in [5.41, 5.74) is 3.30. The maximum Gasteiger partial charge on any atom is 0.115 e.